The molecule has 1 N–H and O–H groups in total. The van der Waals surface area contributed by atoms with Gasteiger partial charge in [0.15, 0.2) is 0 Å². The van der Waals surface area contributed by atoms with Crippen molar-refractivity contribution < 1.29 is 0 Å². The van der Waals surface area contributed by atoms with Crippen LogP contribution in [-0.2, 0) is 0 Å². The Hall–Kier alpha value is -0.540. The molecule has 0 radical (unpaired) electrons. The summed E-state index contributed by atoms with van der Waals surface area (Å²) >= 11 is 15.6. The Balaban J connectivity index is 2.46. The van der Waals surface area contributed by atoms with Crippen LogP contribution >= 0.6 is 39.1 Å². The van der Waals surface area contributed by atoms with Crippen LogP contribution < -0.4 is 5.32 Å². The van der Waals surface area contributed by atoms with Gasteiger partial charge in [0.25, 0.3) is 0 Å². The molecule has 0 heterocycles. The zero-order valence-electron chi connectivity index (χ0n) is 10.7. The summed E-state index contributed by atoms with van der Waals surface area (Å²) in [6.45, 7) is 2.10. The van der Waals surface area contributed by atoms with Gasteiger partial charge in [-0.25, -0.2) is 0 Å². The molecule has 0 bridgehead atoms. The van der Waals surface area contributed by atoms with E-state index in [4.69, 9.17) is 23.2 Å². The topological polar surface area (TPSA) is 12.0 Å². The third-order valence-corrected chi connectivity index (χ3v) is 4.34. The molecule has 1 nitrogen and oxygen atoms in total. The van der Waals surface area contributed by atoms with Gasteiger partial charge in [-0.05, 0) is 54.9 Å². The second-order valence-electron chi connectivity index (χ2n) is 4.40. The van der Waals surface area contributed by atoms with E-state index in [1.165, 1.54) is 11.1 Å². The smallest absolute Gasteiger partial charge is 0.0595 e. The van der Waals surface area contributed by atoms with E-state index >= 15 is 0 Å². The first-order chi connectivity index (χ1) is 9.02. The molecular weight excluding hydrogens is 345 g/mol. The summed E-state index contributed by atoms with van der Waals surface area (Å²) in [5.74, 6) is 0. The molecule has 0 aliphatic heterocycles. The summed E-state index contributed by atoms with van der Waals surface area (Å²) in [6, 6.07) is 12.1. The minimum atomic E-state index is 0.0999. The Morgan fingerprint density at radius 2 is 1.79 bits per heavy atom. The Bertz CT molecular complexity index is 599. The number of rotatable bonds is 3. The summed E-state index contributed by atoms with van der Waals surface area (Å²) in [5.41, 5.74) is 3.55. The Morgan fingerprint density at radius 1 is 1.05 bits per heavy atom. The van der Waals surface area contributed by atoms with Crippen LogP contribution in [0.3, 0.4) is 0 Å². The molecule has 0 spiro atoms. The highest BCUT2D eigenvalue weighted by atomic mass is 79.9. The lowest BCUT2D eigenvalue weighted by atomic mass is 9.95. The number of halogens is 3. The van der Waals surface area contributed by atoms with E-state index in [0.717, 1.165) is 10.0 Å². The standard InChI is InChI=1S/C15H14BrCl2N/c1-9-7-11(16)4-5-12(9)15(19-2)10-3-6-13(17)14(18)8-10/h3-8,15,19H,1-2H3. The number of nitrogens with one attached hydrogen (secondary N) is 1. The molecule has 2 rings (SSSR count). The van der Waals surface area contributed by atoms with Gasteiger partial charge in [-0.15, -0.1) is 0 Å². The van der Waals surface area contributed by atoms with Crippen molar-refractivity contribution in [2.75, 3.05) is 7.05 Å². The number of aryl methyl sites for hydroxylation is 1. The highest BCUT2D eigenvalue weighted by Gasteiger charge is 2.15. The van der Waals surface area contributed by atoms with Gasteiger partial charge in [0.05, 0.1) is 16.1 Å². The molecule has 2 aromatic rings. The van der Waals surface area contributed by atoms with E-state index < -0.39 is 0 Å². The molecule has 0 fully saturated rings. The van der Waals surface area contributed by atoms with Crippen molar-refractivity contribution in [3.63, 3.8) is 0 Å². The van der Waals surface area contributed by atoms with E-state index in [0.29, 0.717) is 10.0 Å². The molecule has 0 saturated carbocycles. The minimum absolute atomic E-state index is 0.0999. The molecule has 2 aromatic carbocycles. The van der Waals surface area contributed by atoms with Gasteiger partial charge >= 0.3 is 0 Å². The highest BCUT2D eigenvalue weighted by Crippen LogP contribution is 2.30. The third-order valence-electron chi connectivity index (χ3n) is 3.11. The zero-order chi connectivity index (χ0) is 14.0. The van der Waals surface area contributed by atoms with Crippen molar-refractivity contribution in [3.8, 4) is 0 Å². The van der Waals surface area contributed by atoms with Gasteiger partial charge in [-0.1, -0.05) is 51.3 Å². The van der Waals surface area contributed by atoms with Crippen molar-refractivity contribution in [3.05, 3.63) is 67.6 Å². The Labute approximate surface area is 132 Å². The van der Waals surface area contributed by atoms with Crippen molar-refractivity contribution in [1.82, 2.24) is 5.32 Å². The quantitative estimate of drug-likeness (QED) is 0.777. The van der Waals surface area contributed by atoms with E-state index in [1.54, 1.807) is 0 Å². The molecule has 0 aliphatic rings. The van der Waals surface area contributed by atoms with Crippen LogP contribution in [0.1, 0.15) is 22.7 Å². The van der Waals surface area contributed by atoms with Crippen LogP contribution in [0.5, 0.6) is 0 Å². The molecule has 0 aromatic heterocycles. The van der Waals surface area contributed by atoms with Crippen molar-refractivity contribution in [1.29, 1.82) is 0 Å². The van der Waals surface area contributed by atoms with Gasteiger partial charge in [-0.2, -0.15) is 0 Å². The maximum absolute atomic E-state index is 6.10. The van der Waals surface area contributed by atoms with Crippen LogP contribution in [-0.4, -0.2) is 7.05 Å². The second-order valence-corrected chi connectivity index (χ2v) is 6.13. The molecule has 0 amide bonds. The lowest BCUT2D eigenvalue weighted by Gasteiger charge is -2.20. The van der Waals surface area contributed by atoms with Crippen molar-refractivity contribution in [2.45, 2.75) is 13.0 Å². The van der Waals surface area contributed by atoms with Gasteiger partial charge in [-0.3, -0.25) is 0 Å². The minimum Gasteiger partial charge on any atom is -0.309 e. The van der Waals surface area contributed by atoms with Crippen molar-refractivity contribution in [2.24, 2.45) is 0 Å². The molecule has 1 unspecified atom stereocenters. The summed E-state index contributed by atoms with van der Waals surface area (Å²) in [7, 11) is 1.94. The Morgan fingerprint density at radius 3 is 2.37 bits per heavy atom. The second kappa shape index (κ2) is 6.27. The lowest BCUT2D eigenvalue weighted by Crippen LogP contribution is -2.18. The normalized spacial score (nSPS) is 12.5. The summed E-state index contributed by atoms with van der Waals surface area (Å²) in [4.78, 5) is 0. The highest BCUT2D eigenvalue weighted by molar-refractivity contribution is 9.10. The first-order valence-corrected chi connectivity index (χ1v) is 7.46. The van der Waals surface area contributed by atoms with E-state index in [1.807, 2.05) is 31.3 Å². The molecule has 1 atom stereocenters. The molecular formula is C15H14BrCl2N. The number of hydrogen-bond donors (Lipinski definition) is 1. The summed E-state index contributed by atoms with van der Waals surface area (Å²) in [5, 5.41) is 4.48. The predicted octanol–water partition coefficient (Wildman–Crippen LogP) is 5.37. The fourth-order valence-corrected chi connectivity index (χ4v) is 2.94. The lowest BCUT2D eigenvalue weighted by molar-refractivity contribution is 0.687. The van der Waals surface area contributed by atoms with Gasteiger partial charge in [0.1, 0.15) is 0 Å². The van der Waals surface area contributed by atoms with Crippen LogP contribution in [0.25, 0.3) is 0 Å². The van der Waals surface area contributed by atoms with Crippen LogP contribution in [0, 0.1) is 6.92 Å². The molecule has 19 heavy (non-hydrogen) atoms. The van der Waals surface area contributed by atoms with E-state index in [2.05, 4.69) is 40.3 Å². The van der Waals surface area contributed by atoms with Gasteiger partial charge in [0.2, 0.25) is 0 Å². The van der Waals surface area contributed by atoms with Crippen LogP contribution in [0.2, 0.25) is 10.0 Å². The molecule has 0 saturated heterocycles. The zero-order valence-corrected chi connectivity index (χ0v) is 13.8. The maximum atomic E-state index is 6.10. The summed E-state index contributed by atoms with van der Waals surface area (Å²) < 4.78 is 1.08. The molecule has 100 valence electrons. The average molecular weight is 359 g/mol. The average Bonchev–Trinajstić information content (AvgIpc) is 2.37. The van der Waals surface area contributed by atoms with E-state index in [9.17, 15) is 0 Å². The van der Waals surface area contributed by atoms with Crippen LogP contribution in [0.15, 0.2) is 40.9 Å². The number of hydrogen-bond acceptors (Lipinski definition) is 1. The molecule has 0 aliphatic carbocycles. The monoisotopic (exact) mass is 357 g/mol. The largest absolute Gasteiger partial charge is 0.309 e. The Kier molecular flexibility index (Phi) is 4.91. The first kappa shape index (κ1) is 14.9. The van der Waals surface area contributed by atoms with Gasteiger partial charge < -0.3 is 5.32 Å². The maximum Gasteiger partial charge on any atom is 0.0595 e. The van der Waals surface area contributed by atoms with E-state index in [-0.39, 0.29) is 6.04 Å². The van der Waals surface area contributed by atoms with Crippen molar-refractivity contribution >= 4 is 39.1 Å². The SMILES string of the molecule is CNC(c1ccc(Cl)c(Cl)c1)c1ccc(Br)cc1C. The summed E-state index contributed by atoms with van der Waals surface area (Å²) in [6.07, 6.45) is 0. The number of benzene rings is 2. The third kappa shape index (κ3) is 3.32. The van der Waals surface area contributed by atoms with Gasteiger partial charge in [0, 0.05) is 4.47 Å². The fraction of sp³-hybridized carbons (Fsp3) is 0.200. The van der Waals surface area contributed by atoms with Crippen LogP contribution in [0.4, 0.5) is 0 Å². The first-order valence-electron chi connectivity index (χ1n) is 5.91. The molecule has 4 heteroatoms. The predicted molar refractivity (Wildman–Crippen MR) is 86.2 cm³/mol. The fourth-order valence-electron chi connectivity index (χ4n) is 2.16.